The fraction of sp³-hybridized carbons (Fsp3) is 0.682. The molecule has 4 aliphatic heterocycles. The molecular weight excluding hydrogens is 764 g/mol. The second-order valence-corrected chi connectivity index (χ2v) is 13.1. The quantitative estimate of drug-likeness (QED) is 0.234. The lowest BCUT2D eigenvalue weighted by atomic mass is 10.0. The van der Waals surface area contributed by atoms with E-state index >= 15 is 0 Å². The van der Waals surface area contributed by atoms with Gasteiger partial charge in [-0.05, 0) is 17.5 Å². The zero-order valence-corrected chi connectivity index (χ0v) is 38.0. The van der Waals surface area contributed by atoms with Crippen LogP contribution in [-0.2, 0) is 60.6 Å². The van der Waals surface area contributed by atoms with E-state index in [0.717, 1.165) is 17.5 Å². The minimum atomic E-state index is -1.09. The van der Waals surface area contributed by atoms with Crippen molar-refractivity contribution in [3.63, 3.8) is 0 Å². The number of fused-ring (bicyclic) bond motifs is 2. The van der Waals surface area contributed by atoms with Crippen molar-refractivity contribution in [2.75, 3.05) is 69.0 Å². The summed E-state index contributed by atoms with van der Waals surface area (Å²) in [7, 11) is 9.41. The van der Waals surface area contributed by atoms with Crippen molar-refractivity contribution in [1.82, 2.24) is 9.80 Å². The van der Waals surface area contributed by atoms with Gasteiger partial charge in [-0.15, -0.1) is 0 Å². The molecule has 6 rings (SSSR count). The summed E-state index contributed by atoms with van der Waals surface area (Å²) in [6.45, 7) is 17.6. The zero-order chi connectivity index (χ0) is 44.6. The molecule has 4 fully saturated rings. The molecule has 0 aliphatic carbocycles. The Labute approximate surface area is 353 Å². The van der Waals surface area contributed by atoms with Crippen molar-refractivity contribution in [1.29, 1.82) is 0 Å². The van der Waals surface area contributed by atoms with E-state index in [0.29, 0.717) is 13.2 Å². The van der Waals surface area contributed by atoms with Gasteiger partial charge in [-0.3, -0.25) is 9.80 Å². The maximum Gasteiger partial charge on any atom is 0.410 e. The molecule has 6 atom stereocenters. The van der Waals surface area contributed by atoms with Gasteiger partial charge >= 0.3 is 12.2 Å². The number of methoxy groups -OCH3 is 6. The number of hydrogen-bond acceptors (Lipinski definition) is 13. The number of nitrogens with zero attached hydrogens (tertiary/aromatic N) is 2. The smallest absolute Gasteiger partial charge is 0.410 e. The molecule has 15 heteroatoms. The van der Waals surface area contributed by atoms with Gasteiger partial charge in [0, 0.05) is 55.1 Å². The van der Waals surface area contributed by atoms with E-state index in [-0.39, 0.29) is 56.8 Å². The van der Waals surface area contributed by atoms with Crippen molar-refractivity contribution in [2.45, 2.75) is 123 Å². The van der Waals surface area contributed by atoms with Crippen LogP contribution in [0.1, 0.15) is 72.9 Å². The van der Waals surface area contributed by atoms with Gasteiger partial charge in [0.2, 0.25) is 11.6 Å². The number of aliphatic hydroxyl groups excluding tert-OH is 1. The Balaban J connectivity index is 0.000000459. The van der Waals surface area contributed by atoms with E-state index < -0.39 is 35.9 Å². The predicted octanol–water partition coefficient (Wildman–Crippen LogP) is 6.88. The fourth-order valence-corrected chi connectivity index (χ4v) is 7.15. The van der Waals surface area contributed by atoms with E-state index in [1.807, 2.05) is 109 Å². The standard InChI is InChI=1S/C17H23NO5.C16H21NO6.C5H12O2.3C2H6/c1-12-9-18(15-14(12)23-11-17(15,20-2)21-3)16(19)22-10-13-7-5-4-6-8-13;1-20-16(21-2)10-23-13-12(18)8-17(14(13)16)15(19)22-9-11-6-4-3-5-7-11;1-4-5(6-2)7-3;3*1-2/h4-8,12,14-15H,9-11H2,1-3H3;3-7,12-14,18H,8-10H2,1-2H3;5H,4H2,1-3H3;3*1-2H3/t12-,14+,15-;12?,13-,14+;;;;/m01..../s1. The Kier molecular flexibility index (Phi) is 25.6. The van der Waals surface area contributed by atoms with Gasteiger partial charge < -0.3 is 52.5 Å². The number of likely N-dealkylation sites (tertiary alicyclic amines) is 2. The van der Waals surface area contributed by atoms with Crippen molar-refractivity contribution in [2.24, 2.45) is 5.92 Å². The topological polar surface area (TPSA) is 153 Å². The first-order valence-electron chi connectivity index (χ1n) is 20.7. The van der Waals surface area contributed by atoms with Gasteiger partial charge in [0.05, 0.1) is 12.6 Å². The minimum absolute atomic E-state index is 0.0139. The molecule has 4 heterocycles. The maximum atomic E-state index is 12.6. The molecule has 0 bridgehead atoms. The molecule has 59 heavy (non-hydrogen) atoms. The highest BCUT2D eigenvalue weighted by Gasteiger charge is 2.62. The van der Waals surface area contributed by atoms with Gasteiger partial charge in [0.15, 0.2) is 6.29 Å². The number of aliphatic hydroxyl groups is 1. The summed E-state index contributed by atoms with van der Waals surface area (Å²) in [5.74, 6) is -1.81. The van der Waals surface area contributed by atoms with Crippen molar-refractivity contribution < 1.29 is 62.1 Å². The summed E-state index contributed by atoms with van der Waals surface area (Å²) in [6, 6.07) is 18.2. The Morgan fingerprint density at radius 2 is 1.03 bits per heavy atom. The molecule has 2 aromatic carbocycles. The summed E-state index contributed by atoms with van der Waals surface area (Å²) in [5, 5.41) is 10.1. The molecule has 0 aromatic heterocycles. The van der Waals surface area contributed by atoms with Crippen molar-refractivity contribution in [3.05, 3.63) is 71.8 Å². The highest BCUT2D eigenvalue weighted by atomic mass is 16.7. The molecule has 0 spiro atoms. The van der Waals surface area contributed by atoms with Crippen LogP contribution in [0, 0.1) is 5.92 Å². The number of carbonyl (C=O) groups is 2. The second-order valence-electron chi connectivity index (χ2n) is 13.1. The van der Waals surface area contributed by atoms with Gasteiger partial charge in [0.1, 0.15) is 50.7 Å². The van der Waals surface area contributed by atoms with Crippen LogP contribution >= 0.6 is 0 Å². The highest BCUT2D eigenvalue weighted by molar-refractivity contribution is 5.69. The minimum Gasteiger partial charge on any atom is -0.445 e. The van der Waals surface area contributed by atoms with E-state index in [1.165, 1.54) is 19.1 Å². The fourth-order valence-electron chi connectivity index (χ4n) is 7.15. The average Bonchev–Trinajstić information content (AvgIpc) is 4.07. The third kappa shape index (κ3) is 13.8. The maximum absolute atomic E-state index is 12.6. The average molecular weight is 839 g/mol. The van der Waals surface area contributed by atoms with Crippen LogP contribution in [0.2, 0.25) is 0 Å². The summed E-state index contributed by atoms with van der Waals surface area (Å²) in [5.41, 5.74) is 1.85. The van der Waals surface area contributed by atoms with Gasteiger partial charge in [-0.1, -0.05) is 116 Å². The van der Waals surface area contributed by atoms with E-state index in [4.69, 9.17) is 47.4 Å². The van der Waals surface area contributed by atoms with Crippen molar-refractivity contribution in [3.8, 4) is 0 Å². The number of carbonyl (C=O) groups excluding carboxylic acids is 2. The van der Waals surface area contributed by atoms with Crippen LogP contribution in [0.3, 0.4) is 0 Å². The summed E-state index contributed by atoms with van der Waals surface area (Å²) in [4.78, 5) is 28.1. The first kappa shape index (κ1) is 53.6. The summed E-state index contributed by atoms with van der Waals surface area (Å²) in [6.07, 6.45) is -1.43. The number of benzene rings is 2. The molecule has 1 unspecified atom stereocenters. The Hall–Kier alpha value is -3.38. The Morgan fingerprint density at radius 1 is 0.661 bits per heavy atom. The molecule has 4 aliphatic rings. The lowest BCUT2D eigenvalue weighted by Gasteiger charge is -2.35. The molecular formula is C44H74N2O13. The number of β-amino-alcohol motifs (C(OH)–C–C–N with tert-alkyl or cyclic N) is 1. The third-order valence-electron chi connectivity index (χ3n) is 10.1. The van der Waals surface area contributed by atoms with Gasteiger partial charge in [-0.25, -0.2) is 9.59 Å². The second kappa shape index (κ2) is 28.2. The molecule has 0 radical (unpaired) electrons. The van der Waals surface area contributed by atoms with Crippen LogP contribution < -0.4 is 0 Å². The van der Waals surface area contributed by atoms with Crippen LogP contribution in [0.25, 0.3) is 0 Å². The molecule has 2 aromatic rings. The Morgan fingerprint density at radius 3 is 1.39 bits per heavy atom. The number of amides is 2. The molecule has 4 saturated heterocycles. The summed E-state index contributed by atoms with van der Waals surface area (Å²) >= 11 is 0. The lowest BCUT2D eigenvalue weighted by molar-refractivity contribution is -0.224. The normalized spacial score (nSPS) is 23.9. The van der Waals surface area contributed by atoms with Gasteiger partial charge in [-0.2, -0.15) is 0 Å². The van der Waals surface area contributed by atoms with Gasteiger partial charge in [0.25, 0.3) is 0 Å². The van der Waals surface area contributed by atoms with Crippen LogP contribution in [0.4, 0.5) is 9.59 Å². The van der Waals surface area contributed by atoms with E-state index in [9.17, 15) is 14.7 Å². The number of ether oxygens (including phenoxy) is 10. The van der Waals surface area contributed by atoms with E-state index in [1.54, 1.807) is 33.3 Å². The first-order valence-corrected chi connectivity index (χ1v) is 20.7. The molecule has 0 saturated carbocycles. The lowest BCUT2D eigenvalue weighted by Crippen LogP contribution is -2.55. The molecule has 338 valence electrons. The van der Waals surface area contributed by atoms with Crippen LogP contribution in [0.5, 0.6) is 0 Å². The summed E-state index contributed by atoms with van der Waals surface area (Å²) < 4.78 is 53.9. The molecule has 15 nitrogen and oxygen atoms in total. The highest BCUT2D eigenvalue weighted by Crippen LogP contribution is 2.42. The third-order valence-corrected chi connectivity index (χ3v) is 10.1. The van der Waals surface area contributed by atoms with Crippen molar-refractivity contribution >= 4 is 12.2 Å². The van der Waals surface area contributed by atoms with Crippen LogP contribution in [0.15, 0.2) is 60.7 Å². The Bertz CT molecular complexity index is 1290. The molecule has 2 amide bonds. The largest absolute Gasteiger partial charge is 0.445 e. The zero-order valence-electron chi connectivity index (χ0n) is 38.0. The monoisotopic (exact) mass is 839 g/mol. The number of rotatable bonds is 11. The number of hydrogen-bond donors (Lipinski definition) is 1. The van der Waals surface area contributed by atoms with Crippen LogP contribution in [-0.4, -0.2) is 144 Å². The van der Waals surface area contributed by atoms with E-state index in [2.05, 4.69) is 6.92 Å². The molecule has 1 N–H and O–H groups in total. The predicted molar refractivity (Wildman–Crippen MR) is 225 cm³/mol. The first-order chi connectivity index (χ1) is 28.6. The SMILES string of the molecule is CC.CC.CC.CCC(OC)OC.COC1(OC)CO[C@@H]2C(O)CN(C(=O)OCc3ccccc3)[C@@H]21.COC1(OC)CO[C@H]2[C@@H]1N(C(=O)OCc1ccccc1)C[C@@H]2C.